The first-order valence-corrected chi connectivity index (χ1v) is 44.4. The van der Waals surface area contributed by atoms with Crippen LogP contribution in [0, 0.1) is 0 Å². The molecule has 3 fully saturated rings. The number of ether oxygens (including phenoxy) is 6. The molecule has 0 aromatic heterocycles. The summed E-state index contributed by atoms with van der Waals surface area (Å²) in [6.45, 7) is 1.63. The smallest absolute Gasteiger partial charge is 0.220 e. The molecule has 1 amide bonds. The van der Waals surface area contributed by atoms with Crippen LogP contribution in [0.5, 0.6) is 0 Å². The maximum absolute atomic E-state index is 13.5. The van der Waals surface area contributed by atoms with Crippen LogP contribution < -0.4 is 5.32 Å². The maximum Gasteiger partial charge on any atom is 0.220 e. The summed E-state index contributed by atoms with van der Waals surface area (Å²) in [7, 11) is 0. The Morgan fingerprint density at radius 3 is 0.964 bits per heavy atom. The molecule has 3 saturated heterocycles. The van der Waals surface area contributed by atoms with E-state index in [1.165, 1.54) is 173 Å². The molecule has 17 atom stereocenters. The van der Waals surface area contributed by atoms with Gasteiger partial charge in [-0.2, -0.15) is 0 Å². The van der Waals surface area contributed by atoms with Crippen LogP contribution in [0.3, 0.4) is 0 Å². The van der Waals surface area contributed by atoms with Crippen molar-refractivity contribution in [2.45, 2.75) is 420 Å². The molecule has 0 aromatic carbocycles. The lowest BCUT2D eigenvalue weighted by Gasteiger charge is -2.48. The van der Waals surface area contributed by atoms with Crippen LogP contribution in [-0.4, -0.2) is 193 Å². The lowest BCUT2D eigenvalue weighted by molar-refractivity contribution is -0.379. The largest absolute Gasteiger partial charge is 0.394 e. The minimum absolute atomic E-state index is 0.205. The highest BCUT2D eigenvalue weighted by molar-refractivity contribution is 5.76. The van der Waals surface area contributed by atoms with Crippen LogP contribution in [0.15, 0.2) is 134 Å². The number of amides is 1. The number of carbonyl (C=O) groups is 1. The van der Waals surface area contributed by atoms with E-state index in [-0.39, 0.29) is 18.9 Å². The monoisotopic (exact) mass is 1580 g/mol. The van der Waals surface area contributed by atoms with Crippen molar-refractivity contribution in [1.82, 2.24) is 5.32 Å². The number of nitrogens with one attached hydrogen (secondary N) is 1. The Hall–Kier alpha value is -4.07. The molecule has 0 aliphatic carbocycles. The van der Waals surface area contributed by atoms with Gasteiger partial charge in [-0.1, -0.05) is 347 Å². The predicted octanol–water partition coefficient (Wildman–Crippen LogP) is 16.8. The zero-order valence-corrected chi connectivity index (χ0v) is 69.4. The van der Waals surface area contributed by atoms with Gasteiger partial charge in [0, 0.05) is 6.42 Å². The number of aliphatic hydroxyl groups is 11. The van der Waals surface area contributed by atoms with Crippen molar-refractivity contribution in [3.63, 3.8) is 0 Å². The molecule has 3 aliphatic rings. The molecule has 112 heavy (non-hydrogen) atoms. The molecule has 19 nitrogen and oxygen atoms in total. The minimum atomic E-state index is -1.99. The van der Waals surface area contributed by atoms with Gasteiger partial charge >= 0.3 is 0 Å². The summed E-state index contributed by atoms with van der Waals surface area (Å²) in [5.74, 6) is -0.302. The van der Waals surface area contributed by atoms with Crippen LogP contribution in [0.4, 0.5) is 0 Å². The van der Waals surface area contributed by atoms with Crippen molar-refractivity contribution < 1.29 is 89.4 Å². The molecular formula is C93H159NO18. The van der Waals surface area contributed by atoms with Gasteiger partial charge in [0.25, 0.3) is 0 Å². The average molecular weight is 1580 g/mol. The first-order chi connectivity index (χ1) is 54.8. The minimum Gasteiger partial charge on any atom is -0.394 e. The standard InChI is InChI=1S/C93H159NO18/c1-3-5-7-9-11-13-15-17-19-21-23-25-27-29-31-33-35-37-38-39-41-43-45-47-49-51-53-55-57-59-61-63-65-67-69-71-81(99)94-76(77(98)70-68-66-64-62-60-58-56-54-52-50-48-46-44-42-40-36-34-32-30-28-26-24-22-20-18-16-14-12-10-8-6-4-2)75-107-91-87(105)84(102)89(79(73-96)109-91)112-93-88(106)85(103)90(80(74-97)110-93)111-92-86(104)83(101)82(100)78(72-95)108-92/h5,7,11,13,17,19,23,25,29,31,35,37,39,41,45,47,51,53,57,59,68,70,76-80,82-93,95-98,100-106H,3-4,6,8-10,12,14-16,18,20-22,24,26-28,30,32-34,36,38,40,42-44,46,48-50,52,54-56,58,60-67,69,71-75H2,1-2H3,(H,94,99)/b7-5-,13-11-,19-17-,25-23-,31-29-,37-35-,41-39-,47-45-,53-51-,59-57-,70-68+. The molecule has 17 unspecified atom stereocenters. The van der Waals surface area contributed by atoms with E-state index in [2.05, 4.69) is 141 Å². The maximum atomic E-state index is 13.5. The lowest BCUT2D eigenvalue weighted by Crippen LogP contribution is -2.66. The molecular weight excluding hydrogens is 1420 g/mol. The van der Waals surface area contributed by atoms with E-state index in [1.807, 2.05) is 6.08 Å². The van der Waals surface area contributed by atoms with E-state index in [0.29, 0.717) is 6.42 Å². The Morgan fingerprint density at radius 2 is 0.616 bits per heavy atom. The van der Waals surface area contributed by atoms with Crippen molar-refractivity contribution >= 4 is 5.91 Å². The molecule has 644 valence electrons. The van der Waals surface area contributed by atoms with Gasteiger partial charge in [-0.25, -0.2) is 0 Å². The third-order valence-electron chi connectivity index (χ3n) is 21.2. The van der Waals surface area contributed by atoms with E-state index in [0.717, 1.165) is 116 Å². The number of rotatable bonds is 70. The molecule has 0 aromatic rings. The number of allylic oxidation sites excluding steroid dienone is 21. The SMILES string of the molecule is CC/C=C\C/C=C\C/C=C\C/C=C\C/C=C\C/C=C\C/C=C\C/C=C\C/C=C\C/C=C\CCCCCCC(=O)NC(COC1OC(CO)C(OC2OC(CO)C(OC3OC(CO)C(O)C(O)C3O)C(O)C2O)C(O)C1O)C(O)/C=C/CCCCCCCCCCCCCCCCCCCCCCCCCCCCCCCC. The normalized spacial score (nSPS) is 25.6. The second-order valence-electron chi connectivity index (χ2n) is 31.0. The number of carbonyl (C=O) groups excluding carboxylic acids is 1. The van der Waals surface area contributed by atoms with E-state index < -0.39 is 124 Å². The van der Waals surface area contributed by atoms with E-state index in [9.17, 15) is 61.0 Å². The fourth-order valence-corrected chi connectivity index (χ4v) is 14.2. The molecule has 3 rings (SSSR count). The van der Waals surface area contributed by atoms with Gasteiger partial charge in [0.2, 0.25) is 5.91 Å². The van der Waals surface area contributed by atoms with E-state index >= 15 is 0 Å². The summed E-state index contributed by atoms with van der Waals surface area (Å²) in [5.41, 5.74) is 0. The van der Waals surface area contributed by atoms with Gasteiger partial charge < -0.3 is 89.9 Å². The predicted molar refractivity (Wildman–Crippen MR) is 452 cm³/mol. The van der Waals surface area contributed by atoms with Crippen LogP contribution in [-0.2, 0) is 33.2 Å². The Morgan fingerprint density at radius 1 is 0.330 bits per heavy atom. The third-order valence-corrected chi connectivity index (χ3v) is 21.2. The first kappa shape index (κ1) is 102. The van der Waals surface area contributed by atoms with Crippen molar-refractivity contribution in [1.29, 1.82) is 0 Å². The van der Waals surface area contributed by atoms with Gasteiger partial charge in [-0.3, -0.25) is 4.79 Å². The van der Waals surface area contributed by atoms with Crippen molar-refractivity contribution in [3.05, 3.63) is 134 Å². The quantitative estimate of drug-likeness (QED) is 0.0199. The highest BCUT2D eigenvalue weighted by Gasteiger charge is 2.54. The van der Waals surface area contributed by atoms with Gasteiger partial charge in [0.15, 0.2) is 18.9 Å². The number of hydrogen-bond donors (Lipinski definition) is 12. The summed E-state index contributed by atoms with van der Waals surface area (Å²) in [6.07, 6.45) is 75.9. The molecule has 0 saturated carbocycles. The summed E-state index contributed by atoms with van der Waals surface area (Å²) < 4.78 is 34.5. The van der Waals surface area contributed by atoms with E-state index in [1.54, 1.807) is 6.08 Å². The highest BCUT2D eigenvalue weighted by atomic mass is 16.8. The van der Waals surface area contributed by atoms with Crippen LogP contribution in [0.25, 0.3) is 0 Å². The van der Waals surface area contributed by atoms with Gasteiger partial charge in [-0.05, 0) is 96.3 Å². The zero-order chi connectivity index (χ0) is 81.0. The Kier molecular flexibility index (Phi) is 64.8. The Bertz CT molecular complexity index is 2540. The van der Waals surface area contributed by atoms with Crippen molar-refractivity contribution in [2.75, 3.05) is 26.4 Å². The number of aliphatic hydroxyl groups excluding tert-OH is 11. The number of hydrogen-bond acceptors (Lipinski definition) is 18. The molecule has 19 heteroatoms. The Labute approximate surface area is 677 Å². The molecule has 0 bridgehead atoms. The molecule has 12 N–H and O–H groups in total. The van der Waals surface area contributed by atoms with Crippen molar-refractivity contribution in [3.8, 4) is 0 Å². The second kappa shape index (κ2) is 71.1. The first-order valence-electron chi connectivity index (χ1n) is 44.4. The Balaban J connectivity index is 1.36. The van der Waals surface area contributed by atoms with Gasteiger partial charge in [0.1, 0.15) is 73.2 Å². The van der Waals surface area contributed by atoms with E-state index in [4.69, 9.17) is 28.4 Å². The average Bonchev–Trinajstić information content (AvgIpc) is 0.782. The summed E-state index contributed by atoms with van der Waals surface area (Å²) in [5, 5.41) is 121. The summed E-state index contributed by atoms with van der Waals surface area (Å²) >= 11 is 0. The van der Waals surface area contributed by atoms with Gasteiger partial charge in [0.05, 0.1) is 38.6 Å². The highest BCUT2D eigenvalue weighted by Crippen LogP contribution is 2.33. The van der Waals surface area contributed by atoms with Crippen LogP contribution >= 0.6 is 0 Å². The van der Waals surface area contributed by atoms with Gasteiger partial charge in [-0.15, -0.1) is 0 Å². The van der Waals surface area contributed by atoms with Crippen LogP contribution in [0.2, 0.25) is 0 Å². The topological polar surface area (TPSA) is 307 Å². The summed E-state index contributed by atoms with van der Waals surface area (Å²) in [6, 6.07) is -1.00. The third kappa shape index (κ3) is 49.2. The zero-order valence-electron chi connectivity index (χ0n) is 69.4. The second-order valence-corrected chi connectivity index (χ2v) is 31.0. The number of unbranched alkanes of at least 4 members (excludes halogenated alkanes) is 34. The fourth-order valence-electron chi connectivity index (χ4n) is 14.2. The molecule has 0 spiro atoms. The molecule has 0 radical (unpaired) electrons. The van der Waals surface area contributed by atoms with Crippen LogP contribution in [0.1, 0.15) is 316 Å². The fraction of sp³-hybridized carbons (Fsp3) is 0.753. The molecule has 3 heterocycles. The lowest BCUT2D eigenvalue weighted by atomic mass is 9.96. The summed E-state index contributed by atoms with van der Waals surface area (Å²) in [4.78, 5) is 13.5. The molecule has 3 aliphatic heterocycles. The van der Waals surface area contributed by atoms with Crippen molar-refractivity contribution in [2.24, 2.45) is 0 Å².